The van der Waals surface area contributed by atoms with Crippen molar-refractivity contribution in [1.29, 1.82) is 0 Å². The van der Waals surface area contributed by atoms with Crippen LogP contribution in [0.25, 0.3) is 0 Å². The number of hydrogen-bond acceptors (Lipinski definition) is 4. The second kappa shape index (κ2) is 10.5. The summed E-state index contributed by atoms with van der Waals surface area (Å²) in [7, 11) is 1.26. The molecule has 1 aromatic rings. The number of rotatable bonds is 10. The van der Waals surface area contributed by atoms with Crippen LogP contribution in [0, 0.1) is 11.8 Å². The Morgan fingerprint density at radius 3 is 2.21 bits per heavy atom. The summed E-state index contributed by atoms with van der Waals surface area (Å²) in [6.45, 7) is 16.2. The molecule has 1 rings (SSSR count). The first-order valence-electron chi connectivity index (χ1n) is 10.0. The summed E-state index contributed by atoms with van der Waals surface area (Å²) < 4.78 is 12.7. The minimum Gasteiger partial charge on any atom is -0.416 e. The number of hydroxylamine groups is 2. The first kappa shape index (κ1) is 24.8. The lowest BCUT2D eigenvalue weighted by atomic mass is 9.93. The quantitative estimate of drug-likeness (QED) is 0.408. The second-order valence-electron chi connectivity index (χ2n) is 9.12. The van der Waals surface area contributed by atoms with Crippen LogP contribution in [0.4, 0.5) is 0 Å². The molecule has 0 saturated carbocycles. The molecule has 0 N–H and O–H groups in total. The number of carbonyl (C=O) groups is 1. The van der Waals surface area contributed by atoms with E-state index in [1.165, 1.54) is 12.2 Å². The molecular formula is C22H39NO4Si. The highest BCUT2D eigenvalue weighted by molar-refractivity contribution is 6.74. The van der Waals surface area contributed by atoms with Crippen molar-refractivity contribution in [3.05, 3.63) is 35.9 Å². The van der Waals surface area contributed by atoms with Crippen LogP contribution in [0.5, 0.6) is 0 Å². The van der Waals surface area contributed by atoms with Gasteiger partial charge in [-0.05, 0) is 23.7 Å². The van der Waals surface area contributed by atoms with Gasteiger partial charge in [-0.1, -0.05) is 65.0 Å². The van der Waals surface area contributed by atoms with Gasteiger partial charge in [0.15, 0.2) is 8.32 Å². The molecule has 0 heterocycles. The molecule has 0 bridgehead atoms. The van der Waals surface area contributed by atoms with Crippen LogP contribution in [0.3, 0.4) is 0 Å². The number of hydrogen-bond donors (Lipinski definition) is 0. The highest BCUT2D eigenvalue weighted by Crippen LogP contribution is 2.37. The highest BCUT2D eigenvalue weighted by Gasteiger charge is 2.39. The summed E-state index contributed by atoms with van der Waals surface area (Å²) in [5.41, 5.74) is 1.09. The smallest absolute Gasteiger partial charge is 0.251 e. The minimum absolute atomic E-state index is 0.0713. The Bertz CT molecular complexity index is 600. The predicted molar refractivity (Wildman–Crippen MR) is 116 cm³/mol. The maximum absolute atomic E-state index is 12.7. The van der Waals surface area contributed by atoms with Crippen molar-refractivity contribution in [2.24, 2.45) is 11.8 Å². The largest absolute Gasteiger partial charge is 0.416 e. The minimum atomic E-state index is -1.87. The fraction of sp³-hybridized carbons (Fsp3) is 0.682. The van der Waals surface area contributed by atoms with Crippen LogP contribution in [0.15, 0.2) is 30.3 Å². The molecule has 3 atom stereocenters. The summed E-state index contributed by atoms with van der Waals surface area (Å²) in [5.74, 6) is -0.367. The summed E-state index contributed by atoms with van der Waals surface area (Å²) in [4.78, 5) is 17.8. The van der Waals surface area contributed by atoms with E-state index < -0.39 is 8.32 Å². The fourth-order valence-corrected chi connectivity index (χ4v) is 3.85. The molecule has 0 fully saturated rings. The van der Waals surface area contributed by atoms with Gasteiger partial charge in [-0.2, -0.15) is 0 Å². The molecule has 5 nitrogen and oxygen atoms in total. The van der Waals surface area contributed by atoms with E-state index in [9.17, 15) is 4.79 Å². The van der Waals surface area contributed by atoms with E-state index in [4.69, 9.17) is 14.0 Å². The molecule has 0 aliphatic carbocycles. The molecule has 0 aliphatic rings. The Morgan fingerprint density at radius 2 is 1.71 bits per heavy atom. The summed E-state index contributed by atoms with van der Waals surface area (Å²) in [6, 6.07) is 10.0. The van der Waals surface area contributed by atoms with Gasteiger partial charge in [0, 0.05) is 19.6 Å². The van der Waals surface area contributed by atoms with E-state index in [1.54, 1.807) is 7.05 Å². The molecule has 3 unspecified atom stereocenters. The van der Waals surface area contributed by atoms with Crippen LogP contribution >= 0.6 is 0 Å². The zero-order chi connectivity index (χ0) is 21.5. The molecule has 0 saturated heterocycles. The molecule has 1 amide bonds. The van der Waals surface area contributed by atoms with Gasteiger partial charge >= 0.3 is 0 Å². The third kappa shape index (κ3) is 6.99. The average molecular weight is 410 g/mol. The monoisotopic (exact) mass is 409 g/mol. The number of carbonyl (C=O) groups excluding carboxylic acids is 1. The van der Waals surface area contributed by atoms with E-state index in [0.29, 0.717) is 13.2 Å². The van der Waals surface area contributed by atoms with Gasteiger partial charge in [0.1, 0.15) is 0 Å². The van der Waals surface area contributed by atoms with Crippen LogP contribution in [0.1, 0.15) is 40.2 Å². The van der Waals surface area contributed by atoms with Crippen molar-refractivity contribution in [3.8, 4) is 0 Å². The third-order valence-electron chi connectivity index (χ3n) is 5.83. The molecule has 0 spiro atoms. The second-order valence-corrected chi connectivity index (χ2v) is 13.9. The zero-order valence-electron chi connectivity index (χ0n) is 19.1. The van der Waals surface area contributed by atoms with Gasteiger partial charge in [0.2, 0.25) is 0 Å². The van der Waals surface area contributed by atoms with Crippen LogP contribution in [-0.2, 0) is 25.4 Å². The van der Waals surface area contributed by atoms with Crippen LogP contribution < -0.4 is 0 Å². The Morgan fingerprint density at radius 1 is 1.14 bits per heavy atom. The summed E-state index contributed by atoms with van der Waals surface area (Å²) in [5, 5.41) is 1.41. The average Bonchev–Trinajstić information content (AvgIpc) is 2.65. The first-order valence-corrected chi connectivity index (χ1v) is 12.9. The van der Waals surface area contributed by atoms with E-state index in [2.05, 4.69) is 40.8 Å². The van der Waals surface area contributed by atoms with Crippen LogP contribution in [-0.4, -0.2) is 46.2 Å². The van der Waals surface area contributed by atoms with Crippen LogP contribution in [0.2, 0.25) is 18.1 Å². The van der Waals surface area contributed by atoms with Gasteiger partial charge in [-0.25, -0.2) is 5.06 Å². The molecule has 0 radical (unpaired) electrons. The molecule has 1 aromatic carbocycles. The highest BCUT2D eigenvalue weighted by atomic mass is 28.4. The number of ether oxygens (including phenoxy) is 1. The molecule has 6 heteroatoms. The van der Waals surface area contributed by atoms with Crippen molar-refractivity contribution in [2.45, 2.75) is 65.5 Å². The van der Waals surface area contributed by atoms with Gasteiger partial charge in [0.25, 0.3) is 5.91 Å². The third-order valence-corrected chi connectivity index (χ3v) is 10.3. The summed E-state index contributed by atoms with van der Waals surface area (Å²) in [6.07, 6.45) is -0.268. The lowest BCUT2D eigenvalue weighted by Gasteiger charge is -2.38. The molecular weight excluding hydrogens is 370 g/mol. The Labute approximate surface area is 172 Å². The lowest BCUT2D eigenvalue weighted by molar-refractivity contribution is -0.179. The van der Waals surface area contributed by atoms with Crippen molar-refractivity contribution >= 4 is 14.2 Å². The van der Waals surface area contributed by atoms with Crippen molar-refractivity contribution in [2.75, 3.05) is 20.8 Å². The maximum Gasteiger partial charge on any atom is 0.251 e. The summed E-state index contributed by atoms with van der Waals surface area (Å²) >= 11 is 0. The Balaban J connectivity index is 2.90. The van der Waals surface area contributed by atoms with Gasteiger partial charge in [0.05, 0.1) is 25.7 Å². The van der Waals surface area contributed by atoms with Gasteiger partial charge in [-0.15, -0.1) is 0 Å². The van der Waals surface area contributed by atoms with E-state index >= 15 is 0 Å². The Hall–Kier alpha value is -1.21. The lowest BCUT2D eigenvalue weighted by Crippen LogP contribution is -2.45. The van der Waals surface area contributed by atoms with E-state index in [0.717, 1.165) is 5.56 Å². The topological polar surface area (TPSA) is 48.0 Å². The number of benzene rings is 1. The maximum atomic E-state index is 12.7. The standard InChI is InChI=1S/C22H39NO4Si/c1-17(15-27-28(8,9)22(3,4)5)20(18(2)21(24)23(6)25-7)26-16-19-13-11-10-12-14-19/h10-14,17-18,20H,15-16H2,1-9H3. The zero-order valence-corrected chi connectivity index (χ0v) is 20.1. The van der Waals surface area contributed by atoms with Crippen molar-refractivity contribution < 1.29 is 18.8 Å². The Kier molecular flexibility index (Phi) is 9.34. The fourth-order valence-electron chi connectivity index (χ4n) is 2.74. The molecule has 0 aliphatic heterocycles. The van der Waals surface area contributed by atoms with Crippen molar-refractivity contribution in [1.82, 2.24) is 5.06 Å². The SMILES string of the molecule is CON(C)C(=O)C(C)C(OCc1ccccc1)C(C)CO[Si](C)(C)C(C)(C)C. The molecule has 160 valence electrons. The van der Waals surface area contributed by atoms with Gasteiger partial charge in [-0.3, -0.25) is 9.63 Å². The van der Waals surface area contributed by atoms with Crippen molar-refractivity contribution in [3.63, 3.8) is 0 Å². The van der Waals surface area contributed by atoms with E-state index in [1.807, 2.05) is 37.3 Å². The predicted octanol–water partition coefficient (Wildman–Crippen LogP) is 4.89. The number of nitrogens with zero attached hydrogens (tertiary/aromatic N) is 1. The first-order chi connectivity index (χ1) is 12.9. The van der Waals surface area contributed by atoms with E-state index in [-0.39, 0.29) is 28.9 Å². The molecule has 0 aromatic heterocycles. The normalized spacial score (nSPS) is 15.8. The molecule has 28 heavy (non-hydrogen) atoms. The van der Waals surface area contributed by atoms with Gasteiger partial charge < -0.3 is 9.16 Å². The number of amides is 1.